The van der Waals surface area contributed by atoms with Crippen LogP contribution in [0.15, 0.2) is 0 Å². The number of aliphatic hydroxyl groups is 3. The first-order valence-corrected chi connectivity index (χ1v) is 10.5. The molecule has 0 aromatic carbocycles. The molecule has 43 heavy (non-hydrogen) atoms. The number of carboxylic acid groups (broad SMARTS) is 1. The van der Waals surface area contributed by atoms with E-state index in [1.54, 1.807) is 0 Å². The second kappa shape index (κ2) is 13.7. The van der Waals surface area contributed by atoms with Gasteiger partial charge < -0.3 is 35.7 Å². The van der Waals surface area contributed by atoms with Gasteiger partial charge in [0.05, 0.1) is 19.4 Å². The van der Waals surface area contributed by atoms with E-state index >= 15 is 0 Å². The van der Waals surface area contributed by atoms with E-state index < -0.39 is 91.0 Å². The zero-order chi connectivity index (χ0) is 35.3. The number of aliphatic carboxylic acids is 1. The molecule has 0 saturated carbocycles. The highest BCUT2D eigenvalue weighted by atomic mass is 19.4. The average Bonchev–Trinajstić information content (AvgIpc) is 2.85. The summed E-state index contributed by atoms with van der Waals surface area (Å²) in [5.41, 5.74) is 2.42. The number of carbonyl (C=O) groups is 2. The number of aliphatic hydroxyl groups excluding tert-OH is 3. The van der Waals surface area contributed by atoms with E-state index in [0.29, 0.717) is 0 Å². The lowest BCUT2D eigenvalue weighted by atomic mass is 9.88. The molecule has 0 aromatic rings. The van der Waals surface area contributed by atoms with Crippen LogP contribution < -0.4 is 10.8 Å². The topological polar surface area (TPSA) is 155 Å². The molecule has 0 amide bonds. The van der Waals surface area contributed by atoms with E-state index in [0.717, 1.165) is 0 Å². The van der Waals surface area contributed by atoms with E-state index in [-0.39, 0.29) is 19.8 Å². The minimum atomic E-state index is -8.72. The standard InChI is InChI=1S/C14H9F17O4.C4H11NO3/c15-7(16,3-4-35-6(34)2-1-5(32)33)8(17,18)9(19,20)10(21,22)11(23,24)12(25,26)13(27,28)14(29,30)31;5-4(1-6,2-7)3-8/h1-4H2,(H,32,33);6-8H,1-3,5H2. The van der Waals surface area contributed by atoms with Gasteiger partial charge in [-0.05, 0) is 6.42 Å². The van der Waals surface area contributed by atoms with E-state index in [2.05, 4.69) is 10.5 Å². The molecule has 0 aliphatic carbocycles. The molecule has 6 N–H and O–H groups in total. The minimum Gasteiger partial charge on any atom is -0.550 e. The Bertz CT molecular complexity index is 928. The lowest BCUT2D eigenvalue weighted by Crippen LogP contribution is -2.78. The van der Waals surface area contributed by atoms with Crippen molar-refractivity contribution >= 4 is 11.9 Å². The number of ether oxygens (including phenoxy) is 1. The van der Waals surface area contributed by atoms with Crippen molar-refractivity contribution < 1.29 is 115 Å². The molecule has 25 heteroatoms. The molecule has 258 valence electrons. The fourth-order valence-electron chi connectivity index (χ4n) is 2.07. The SMILES string of the molecule is O=C([O-])CCC(=O)OCCC(F)(F)C(F)(F)C(F)(F)C(F)(F)C(F)(F)C(F)(F)C(F)(F)C(F)(F)F.[NH3+]C(CO)(CO)CO. The van der Waals surface area contributed by atoms with Crippen LogP contribution in [-0.4, -0.2) is 107 Å². The lowest BCUT2D eigenvalue weighted by Gasteiger charge is -2.42. The van der Waals surface area contributed by atoms with Crippen LogP contribution in [0.1, 0.15) is 19.3 Å². The minimum absolute atomic E-state index is 0.292. The number of hydrogen-bond acceptors (Lipinski definition) is 7. The maximum Gasteiger partial charge on any atom is 0.460 e. The summed E-state index contributed by atoms with van der Waals surface area (Å²) in [5.74, 6) is -61.0. The van der Waals surface area contributed by atoms with Crippen LogP contribution >= 0.6 is 0 Å². The summed E-state index contributed by atoms with van der Waals surface area (Å²) < 4.78 is 225. The Labute approximate surface area is 227 Å². The third kappa shape index (κ3) is 8.40. The van der Waals surface area contributed by atoms with Crippen LogP contribution in [0, 0.1) is 0 Å². The molecule has 0 saturated heterocycles. The van der Waals surface area contributed by atoms with Crippen molar-refractivity contribution in [2.75, 3.05) is 26.4 Å². The molecule has 0 heterocycles. The zero-order valence-electron chi connectivity index (χ0n) is 20.6. The van der Waals surface area contributed by atoms with Gasteiger partial charge in [-0.2, -0.15) is 74.6 Å². The summed E-state index contributed by atoms with van der Waals surface area (Å²) in [6.45, 7) is -3.01. The van der Waals surface area contributed by atoms with Crippen molar-refractivity contribution in [3.8, 4) is 0 Å². The maximum absolute atomic E-state index is 13.5. The van der Waals surface area contributed by atoms with Gasteiger partial charge in [0.15, 0.2) is 5.54 Å². The monoisotopic (exact) mass is 685 g/mol. The van der Waals surface area contributed by atoms with Crippen molar-refractivity contribution in [2.24, 2.45) is 0 Å². The molecule has 0 bridgehead atoms. The Morgan fingerprint density at radius 1 is 0.581 bits per heavy atom. The first-order chi connectivity index (χ1) is 18.7. The number of esters is 1. The first-order valence-electron chi connectivity index (χ1n) is 10.5. The third-order valence-electron chi connectivity index (χ3n) is 5.01. The second-order valence-electron chi connectivity index (χ2n) is 8.47. The van der Waals surface area contributed by atoms with E-state index in [4.69, 9.17) is 15.3 Å². The molecular formula is C18H20F17NO7. The maximum atomic E-state index is 13.5. The lowest BCUT2D eigenvalue weighted by molar-refractivity contribution is -0.494. The highest BCUT2D eigenvalue weighted by molar-refractivity contribution is 5.75. The van der Waals surface area contributed by atoms with Gasteiger partial charge in [-0.3, -0.25) is 4.79 Å². The molecule has 0 spiro atoms. The fourth-order valence-corrected chi connectivity index (χ4v) is 2.07. The van der Waals surface area contributed by atoms with Gasteiger partial charge in [-0.1, -0.05) is 0 Å². The van der Waals surface area contributed by atoms with Gasteiger partial charge in [-0.25, -0.2) is 0 Å². The average molecular weight is 685 g/mol. The Kier molecular flexibility index (Phi) is 13.6. The quantitative estimate of drug-likeness (QED) is 0.150. The van der Waals surface area contributed by atoms with Crippen molar-refractivity contribution in [3.05, 3.63) is 0 Å². The molecule has 0 fully saturated rings. The molecule has 0 radical (unpaired) electrons. The van der Waals surface area contributed by atoms with Crippen molar-refractivity contribution in [2.45, 2.75) is 72.4 Å². The highest BCUT2D eigenvalue weighted by Gasteiger charge is 2.95. The van der Waals surface area contributed by atoms with Gasteiger partial charge in [0.2, 0.25) is 0 Å². The number of alkyl halides is 17. The Hall–Kier alpha value is -2.41. The summed E-state index contributed by atoms with van der Waals surface area (Å²) in [6, 6.07) is 0. The number of quaternary nitrogens is 1. The summed E-state index contributed by atoms with van der Waals surface area (Å²) in [6.07, 6.45) is -13.1. The molecule has 0 rings (SSSR count). The fraction of sp³-hybridized carbons (Fsp3) is 0.889. The van der Waals surface area contributed by atoms with Gasteiger partial charge in [0, 0.05) is 5.97 Å². The van der Waals surface area contributed by atoms with E-state index in [1.807, 2.05) is 0 Å². The molecule has 0 aliphatic heterocycles. The van der Waals surface area contributed by atoms with Crippen LogP contribution in [0.3, 0.4) is 0 Å². The molecule has 8 nitrogen and oxygen atoms in total. The number of carboxylic acids is 1. The summed E-state index contributed by atoms with van der Waals surface area (Å²) >= 11 is 0. The molecular weight excluding hydrogens is 665 g/mol. The molecule has 0 aliphatic rings. The molecule has 0 unspecified atom stereocenters. The van der Waals surface area contributed by atoms with Gasteiger partial charge in [0.25, 0.3) is 0 Å². The number of rotatable bonds is 15. The summed E-state index contributed by atoms with van der Waals surface area (Å²) in [7, 11) is 0. The summed E-state index contributed by atoms with van der Waals surface area (Å²) in [5, 5.41) is 35.2. The van der Waals surface area contributed by atoms with Crippen molar-refractivity contribution in [1.29, 1.82) is 0 Å². The Balaban J connectivity index is 0. The predicted molar refractivity (Wildman–Crippen MR) is 97.4 cm³/mol. The highest BCUT2D eigenvalue weighted by Crippen LogP contribution is 2.64. The normalized spacial score (nSPS) is 14.6. The predicted octanol–water partition coefficient (Wildman–Crippen LogP) is 1.40. The third-order valence-corrected chi connectivity index (χ3v) is 5.01. The van der Waals surface area contributed by atoms with Gasteiger partial charge in [0.1, 0.15) is 19.8 Å². The Morgan fingerprint density at radius 2 is 0.907 bits per heavy atom. The second-order valence-corrected chi connectivity index (χ2v) is 8.47. The molecule has 0 aromatic heterocycles. The van der Waals surface area contributed by atoms with Crippen LogP contribution in [-0.2, 0) is 14.3 Å². The number of halogens is 17. The van der Waals surface area contributed by atoms with Crippen LogP contribution in [0.2, 0.25) is 0 Å². The van der Waals surface area contributed by atoms with Gasteiger partial charge in [-0.15, -0.1) is 0 Å². The van der Waals surface area contributed by atoms with E-state index in [9.17, 15) is 89.3 Å². The first kappa shape index (κ1) is 42.7. The zero-order valence-corrected chi connectivity index (χ0v) is 20.6. The van der Waals surface area contributed by atoms with E-state index in [1.165, 1.54) is 0 Å². The van der Waals surface area contributed by atoms with Crippen molar-refractivity contribution in [3.63, 3.8) is 0 Å². The Morgan fingerprint density at radius 3 is 1.19 bits per heavy atom. The smallest absolute Gasteiger partial charge is 0.460 e. The van der Waals surface area contributed by atoms with Gasteiger partial charge >= 0.3 is 53.6 Å². The largest absolute Gasteiger partial charge is 0.550 e. The number of carbonyl (C=O) groups excluding carboxylic acids is 2. The summed E-state index contributed by atoms with van der Waals surface area (Å²) in [4.78, 5) is 20.9. The van der Waals surface area contributed by atoms with Crippen LogP contribution in [0.4, 0.5) is 74.6 Å². The number of hydrogen-bond donors (Lipinski definition) is 4. The van der Waals surface area contributed by atoms with Crippen LogP contribution in [0.5, 0.6) is 0 Å². The molecule has 0 atom stereocenters. The van der Waals surface area contributed by atoms with Crippen LogP contribution in [0.25, 0.3) is 0 Å². The van der Waals surface area contributed by atoms with Crippen molar-refractivity contribution in [1.82, 2.24) is 0 Å².